The van der Waals surface area contributed by atoms with Crippen molar-refractivity contribution in [3.05, 3.63) is 124 Å². The molecule has 0 fully saturated rings. The van der Waals surface area contributed by atoms with E-state index in [2.05, 4.69) is 0 Å². The first-order valence-corrected chi connectivity index (χ1v) is 18.8. The first kappa shape index (κ1) is 41.0. The summed E-state index contributed by atoms with van der Waals surface area (Å²) < 4.78 is 25.4. The van der Waals surface area contributed by atoms with E-state index in [4.69, 9.17) is 18.9 Å². The number of ether oxygens (including phenoxy) is 4. The number of benzene rings is 4. The number of carboxylic acids is 2. The lowest BCUT2D eigenvalue weighted by molar-refractivity contribution is -0.385. The third-order valence-corrected chi connectivity index (χ3v) is 9.18. The van der Waals surface area contributed by atoms with Gasteiger partial charge in [0.1, 0.15) is 23.0 Å². The van der Waals surface area contributed by atoms with Crippen LogP contribution in [0.25, 0.3) is 0 Å². The van der Waals surface area contributed by atoms with E-state index in [0.29, 0.717) is 93.2 Å². The summed E-state index contributed by atoms with van der Waals surface area (Å²) >= 11 is 0. The first-order valence-electron chi connectivity index (χ1n) is 18.8. The third kappa shape index (κ3) is 9.36. The number of rotatable bonds is 16. The molecule has 0 aromatic heterocycles. The van der Waals surface area contributed by atoms with E-state index in [1.165, 1.54) is 48.5 Å². The number of aromatic carboxylic acids is 2. The van der Waals surface area contributed by atoms with Gasteiger partial charge in [-0.2, -0.15) is 0 Å². The number of carbonyl (C=O) groups is 2. The molecule has 1 aliphatic rings. The molecule has 0 unspecified atom stereocenters. The molecule has 14 heteroatoms. The molecule has 0 heterocycles. The molecule has 296 valence electrons. The lowest BCUT2D eigenvalue weighted by atomic mass is 9.89. The van der Waals surface area contributed by atoms with E-state index in [1.54, 1.807) is 0 Å². The predicted octanol–water partition coefficient (Wildman–Crippen LogP) is 8.73. The number of nitro groups is 2. The summed E-state index contributed by atoms with van der Waals surface area (Å²) in [5.41, 5.74) is 2.59. The highest BCUT2D eigenvalue weighted by Crippen LogP contribution is 2.42. The molecule has 0 saturated heterocycles. The number of hydrogen-bond acceptors (Lipinski definition) is 10. The number of non-ortho nitro benzene ring substituents is 2. The fraction of sp³-hybridized carbons (Fsp3) is 0.381. The van der Waals surface area contributed by atoms with Crippen LogP contribution in [-0.2, 0) is 25.7 Å². The summed E-state index contributed by atoms with van der Waals surface area (Å²) in [6.45, 7) is 8.69. The maximum absolute atomic E-state index is 12.6. The molecule has 14 nitrogen and oxygen atoms in total. The Labute approximate surface area is 324 Å². The van der Waals surface area contributed by atoms with Crippen molar-refractivity contribution in [1.82, 2.24) is 0 Å². The molecule has 56 heavy (non-hydrogen) atoms. The quantitative estimate of drug-likeness (QED) is 0.0716. The van der Waals surface area contributed by atoms with Crippen molar-refractivity contribution in [2.75, 3.05) is 26.4 Å². The number of hydrogen-bond donors (Lipinski definition) is 2. The standard InChI is InChI=1S/C42H46N2O12/c1-5-9-53-37-25-13-29-21-35(43(49)50)23-31(39(29)55-11-7-3)15-27-19-34(42(47)48)20-28(38(27)54-10-6-2)16-32-24-36(44(51)52)22-30(40(32)56-12-8-4)14-26(37)18-33(17-25)41(45)46/h17-24H,5-16H2,1-4H3,(H,45,46)(H,47,48). The van der Waals surface area contributed by atoms with Gasteiger partial charge in [0.25, 0.3) is 11.4 Å². The van der Waals surface area contributed by atoms with E-state index in [1.807, 2.05) is 27.7 Å². The Morgan fingerprint density at radius 2 is 0.696 bits per heavy atom. The van der Waals surface area contributed by atoms with Crippen molar-refractivity contribution in [2.24, 2.45) is 0 Å². The summed E-state index contributed by atoms with van der Waals surface area (Å²) in [4.78, 5) is 49.2. The Kier molecular flexibility index (Phi) is 13.5. The van der Waals surface area contributed by atoms with Gasteiger partial charge in [0.2, 0.25) is 0 Å². The Morgan fingerprint density at radius 1 is 0.482 bits per heavy atom. The Balaban J connectivity index is 1.97. The van der Waals surface area contributed by atoms with Crippen molar-refractivity contribution in [3.63, 3.8) is 0 Å². The molecule has 4 aromatic carbocycles. The van der Waals surface area contributed by atoms with Crippen LogP contribution in [0.3, 0.4) is 0 Å². The molecular formula is C42H46N2O12. The highest BCUT2D eigenvalue weighted by molar-refractivity contribution is 5.89. The van der Waals surface area contributed by atoms with E-state index in [0.717, 1.165) is 0 Å². The van der Waals surface area contributed by atoms with Crippen molar-refractivity contribution < 1.29 is 48.6 Å². The summed E-state index contributed by atoms with van der Waals surface area (Å²) in [7, 11) is 0. The molecule has 5 rings (SSSR count). The van der Waals surface area contributed by atoms with Crippen LogP contribution >= 0.6 is 0 Å². The van der Waals surface area contributed by atoms with Crippen molar-refractivity contribution >= 4 is 23.3 Å². The summed E-state index contributed by atoms with van der Waals surface area (Å²) in [5.74, 6) is -1.07. The molecule has 0 radical (unpaired) electrons. The number of nitrogens with zero attached hydrogens (tertiary/aromatic N) is 2. The smallest absolute Gasteiger partial charge is 0.335 e. The van der Waals surface area contributed by atoms with E-state index in [9.17, 15) is 40.0 Å². The predicted molar refractivity (Wildman–Crippen MR) is 207 cm³/mol. The molecule has 1 aliphatic carbocycles. The van der Waals surface area contributed by atoms with Crippen LogP contribution in [-0.4, -0.2) is 58.4 Å². The van der Waals surface area contributed by atoms with E-state index in [-0.39, 0.29) is 74.6 Å². The molecule has 4 aromatic rings. The second kappa shape index (κ2) is 18.4. The fourth-order valence-electron chi connectivity index (χ4n) is 6.87. The zero-order valence-corrected chi connectivity index (χ0v) is 32.0. The average molecular weight is 771 g/mol. The number of carboxylic acid groups (broad SMARTS) is 2. The Bertz CT molecular complexity index is 1750. The van der Waals surface area contributed by atoms with Gasteiger partial charge >= 0.3 is 11.9 Å². The highest BCUT2D eigenvalue weighted by Gasteiger charge is 2.28. The lowest BCUT2D eigenvalue weighted by Gasteiger charge is -2.23. The minimum atomic E-state index is -1.22. The van der Waals surface area contributed by atoms with Gasteiger partial charge in [-0.15, -0.1) is 0 Å². The molecule has 0 saturated carbocycles. The van der Waals surface area contributed by atoms with Gasteiger partial charge in [0, 0.05) is 72.2 Å². The number of nitro benzene ring substituents is 2. The van der Waals surface area contributed by atoms with Gasteiger partial charge in [0.15, 0.2) is 0 Å². The third-order valence-electron chi connectivity index (χ3n) is 9.18. The van der Waals surface area contributed by atoms with E-state index >= 15 is 0 Å². The second-order valence-electron chi connectivity index (χ2n) is 13.7. The zero-order chi connectivity index (χ0) is 40.5. The van der Waals surface area contributed by atoms with E-state index < -0.39 is 21.8 Å². The van der Waals surface area contributed by atoms with Crippen LogP contribution < -0.4 is 18.9 Å². The van der Waals surface area contributed by atoms with Crippen LogP contribution in [0.5, 0.6) is 23.0 Å². The molecule has 0 spiro atoms. The van der Waals surface area contributed by atoms with Gasteiger partial charge in [0.05, 0.1) is 47.4 Å². The topological polar surface area (TPSA) is 198 Å². The number of fused-ring (bicyclic) bond motifs is 8. The Morgan fingerprint density at radius 3 is 0.875 bits per heavy atom. The fourth-order valence-corrected chi connectivity index (χ4v) is 6.87. The maximum Gasteiger partial charge on any atom is 0.335 e. The van der Waals surface area contributed by atoms with Gasteiger partial charge in [-0.25, -0.2) is 9.59 Å². The average Bonchev–Trinajstić information content (AvgIpc) is 3.15. The molecule has 0 amide bonds. The monoisotopic (exact) mass is 770 g/mol. The van der Waals surface area contributed by atoms with Crippen LogP contribution in [0.15, 0.2) is 48.5 Å². The minimum absolute atomic E-state index is 0.0418. The SMILES string of the molecule is CCCOc1c2cc(C(=O)O)cc1Cc1cc([N+](=O)[O-])cc(c1OCCC)Cc1cc(C(=O)O)cc(c1OCCC)Cc1cc([N+](=O)[O-])cc(c1OCCC)C2. The largest absolute Gasteiger partial charge is 0.493 e. The minimum Gasteiger partial charge on any atom is -0.493 e. The van der Waals surface area contributed by atoms with Gasteiger partial charge in [-0.3, -0.25) is 20.2 Å². The van der Waals surface area contributed by atoms with Crippen LogP contribution in [0.1, 0.15) is 119 Å². The van der Waals surface area contributed by atoms with Crippen LogP contribution in [0.4, 0.5) is 11.4 Å². The Hall–Kier alpha value is -6.18. The summed E-state index contributed by atoms with van der Waals surface area (Å²) in [6.07, 6.45) is 2.26. The summed E-state index contributed by atoms with van der Waals surface area (Å²) in [5, 5.41) is 45.5. The van der Waals surface area contributed by atoms with Crippen LogP contribution in [0, 0.1) is 20.2 Å². The molecule has 2 N–H and O–H groups in total. The van der Waals surface area contributed by atoms with Crippen molar-refractivity contribution in [1.29, 1.82) is 0 Å². The summed E-state index contributed by atoms with van der Waals surface area (Å²) in [6, 6.07) is 11.4. The molecule has 0 atom stereocenters. The van der Waals surface area contributed by atoms with Gasteiger partial charge < -0.3 is 29.2 Å². The van der Waals surface area contributed by atoms with Gasteiger partial charge in [-0.05, 0) is 72.2 Å². The maximum atomic E-state index is 12.6. The molecule has 0 aliphatic heterocycles. The van der Waals surface area contributed by atoms with Crippen molar-refractivity contribution in [3.8, 4) is 23.0 Å². The normalized spacial score (nSPS) is 12.1. The highest BCUT2D eigenvalue weighted by atomic mass is 16.6. The van der Waals surface area contributed by atoms with Gasteiger partial charge in [-0.1, -0.05) is 27.7 Å². The molecular weight excluding hydrogens is 724 g/mol. The lowest BCUT2D eigenvalue weighted by Crippen LogP contribution is -2.12. The zero-order valence-electron chi connectivity index (χ0n) is 32.0. The molecule has 8 bridgehead atoms. The van der Waals surface area contributed by atoms with Crippen LogP contribution in [0.2, 0.25) is 0 Å². The first-order chi connectivity index (χ1) is 26.9. The second-order valence-corrected chi connectivity index (χ2v) is 13.7. The van der Waals surface area contributed by atoms with Crippen molar-refractivity contribution in [2.45, 2.75) is 79.1 Å².